The van der Waals surface area contributed by atoms with Gasteiger partial charge in [-0.2, -0.15) is 5.10 Å². The van der Waals surface area contributed by atoms with Gasteiger partial charge in [0.05, 0.1) is 25.5 Å². The molecule has 0 saturated carbocycles. The second-order valence-corrected chi connectivity index (χ2v) is 11.0. The Morgan fingerprint density at radius 2 is 2.08 bits per heavy atom. The Hall–Kier alpha value is -2.75. The summed E-state index contributed by atoms with van der Waals surface area (Å²) < 4.78 is 11.6. The summed E-state index contributed by atoms with van der Waals surface area (Å²) >= 11 is 0. The first-order valence-corrected chi connectivity index (χ1v) is 13.4. The highest BCUT2D eigenvalue weighted by atomic mass is 16.5. The number of anilines is 3. The van der Waals surface area contributed by atoms with Crippen LogP contribution in [0, 0.1) is 5.41 Å². The minimum Gasteiger partial charge on any atom is -0.381 e. The number of H-pyrrole nitrogens is 1. The molecule has 9 nitrogen and oxygen atoms in total. The molecule has 3 saturated heterocycles. The van der Waals surface area contributed by atoms with Gasteiger partial charge in [0, 0.05) is 49.3 Å². The molecule has 4 aliphatic heterocycles. The number of aromatic amines is 1. The van der Waals surface area contributed by atoms with Crippen molar-refractivity contribution in [3.8, 4) is 0 Å². The standard InChI is InChI=1S/C27H35N7O2/c1-17-24(28)27(16-36-17)8-11-33(12-9-27)22-14-29-23-25(30-22)31-32-26(23)34-10-3-5-20-19(4-2-6-21(20)34)18-7-13-35-15-18/h2,4,6,14,17-18,24H,3,5,7-13,15-16,28H2,1H3,(H,30,31,32)/t17-,18+,24+/m0/s1. The van der Waals surface area contributed by atoms with Crippen molar-refractivity contribution >= 4 is 28.5 Å². The second-order valence-electron chi connectivity index (χ2n) is 11.0. The van der Waals surface area contributed by atoms with Gasteiger partial charge >= 0.3 is 0 Å². The number of nitrogens with one attached hydrogen (secondary N) is 1. The van der Waals surface area contributed by atoms with E-state index in [1.54, 1.807) is 0 Å². The van der Waals surface area contributed by atoms with Crippen LogP contribution in [0.25, 0.3) is 11.2 Å². The molecule has 0 amide bonds. The lowest BCUT2D eigenvalue weighted by molar-refractivity contribution is 0.0974. The van der Waals surface area contributed by atoms with E-state index in [0.717, 1.165) is 94.4 Å². The molecular formula is C27H35N7O2. The molecule has 2 aromatic heterocycles. The fourth-order valence-electron chi connectivity index (χ4n) is 6.81. The van der Waals surface area contributed by atoms with Gasteiger partial charge in [-0.05, 0) is 56.2 Å². The SMILES string of the molecule is C[C@@H]1OCC2(CCN(c3cnc4c(N5CCCc6c([C@@H]7CCOC7)cccc65)n[nH]c4n3)CC2)[C@@H]1N. The highest BCUT2D eigenvalue weighted by molar-refractivity contribution is 5.88. The van der Waals surface area contributed by atoms with Crippen molar-refractivity contribution in [1.82, 2.24) is 20.2 Å². The van der Waals surface area contributed by atoms with Gasteiger partial charge in [-0.3, -0.25) is 5.10 Å². The molecule has 1 spiro atoms. The molecule has 3 atom stereocenters. The lowest BCUT2D eigenvalue weighted by Gasteiger charge is -2.41. The molecule has 9 heteroatoms. The van der Waals surface area contributed by atoms with Crippen LogP contribution < -0.4 is 15.5 Å². The topological polar surface area (TPSA) is 105 Å². The Kier molecular flexibility index (Phi) is 5.41. The highest BCUT2D eigenvalue weighted by Crippen LogP contribution is 2.43. The van der Waals surface area contributed by atoms with Crippen LogP contribution in [0.2, 0.25) is 0 Å². The summed E-state index contributed by atoms with van der Waals surface area (Å²) in [5.74, 6) is 2.26. The smallest absolute Gasteiger partial charge is 0.183 e. The molecule has 7 rings (SSSR count). The quantitative estimate of drug-likeness (QED) is 0.578. The van der Waals surface area contributed by atoms with E-state index in [1.807, 2.05) is 6.20 Å². The van der Waals surface area contributed by atoms with Crippen LogP contribution >= 0.6 is 0 Å². The molecule has 36 heavy (non-hydrogen) atoms. The van der Waals surface area contributed by atoms with E-state index in [0.29, 0.717) is 5.92 Å². The van der Waals surface area contributed by atoms with Gasteiger partial charge in [0.25, 0.3) is 0 Å². The molecular weight excluding hydrogens is 454 g/mol. The zero-order valence-corrected chi connectivity index (χ0v) is 20.9. The molecule has 6 heterocycles. The van der Waals surface area contributed by atoms with Gasteiger partial charge in [-0.1, -0.05) is 12.1 Å². The van der Waals surface area contributed by atoms with Gasteiger partial charge in [0.2, 0.25) is 0 Å². The summed E-state index contributed by atoms with van der Waals surface area (Å²) in [5, 5.41) is 7.88. The molecule has 4 aliphatic rings. The number of nitrogens with two attached hydrogens (primary N) is 1. The van der Waals surface area contributed by atoms with Crippen molar-refractivity contribution in [1.29, 1.82) is 0 Å². The van der Waals surface area contributed by atoms with Crippen LogP contribution in [0.15, 0.2) is 24.4 Å². The number of fused-ring (bicyclic) bond motifs is 2. The Bertz CT molecular complexity index is 1260. The summed E-state index contributed by atoms with van der Waals surface area (Å²) in [6.07, 6.45) is 7.38. The van der Waals surface area contributed by atoms with E-state index >= 15 is 0 Å². The molecule has 3 N–H and O–H groups in total. The maximum Gasteiger partial charge on any atom is 0.183 e. The van der Waals surface area contributed by atoms with Crippen LogP contribution in [0.3, 0.4) is 0 Å². The van der Waals surface area contributed by atoms with Crippen molar-refractivity contribution in [2.75, 3.05) is 49.3 Å². The predicted molar refractivity (Wildman–Crippen MR) is 139 cm³/mol. The summed E-state index contributed by atoms with van der Waals surface area (Å²) in [6, 6.07) is 6.79. The van der Waals surface area contributed by atoms with Gasteiger partial charge in [-0.25, -0.2) is 9.97 Å². The molecule has 0 aliphatic carbocycles. The molecule has 0 radical (unpaired) electrons. The largest absolute Gasteiger partial charge is 0.381 e. The number of ether oxygens (including phenoxy) is 2. The van der Waals surface area contributed by atoms with Crippen LogP contribution in [0.1, 0.15) is 49.7 Å². The molecule has 1 aromatic carbocycles. The summed E-state index contributed by atoms with van der Waals surface area (Å²) in [4.78, 5) is 14.4. The van der Waals surface area contributed by atoms with Crippen molar-refractivity contribution in [2.24, 2.45) is 11.1 Å². The van der Waals surface area contributed by atoms with Gasteiger partial charge in [0.15, 0.2) is 17.0 Å². The fraction of sp³-hybridized carbons (Fsp3) is 0.593. The van der Waals surface area contributed by atoms with Crippen molar-refractivity contribution in [3.63, 3.8) is 0 Å². The van der Waals surface area contributed by atoms with Crippen molar-refractivity contribution in [3.05, 3.63) is 35.5 Å². The Labute approximate surface area is 211 Å². The Morgan fingerprint density at radius 1 is 1.19 bits per heavy atom. The lowest BCUT2D eigenvalue weighted by atomic mass is 9.73. The fourth-order valence-corrected chi connectivity index (χ4v) is 6.81. The molecule has 3 fully saturated rings. The van der Waals surface area contributed by atoms with E-state index in [4.69, 9.17) is 30.3 Å². The number of benzene rings is 1. The Balaban J connectivity index is 1.15. The van der Waals surface area contributed by atoms with Gasteiger partial charge in [0.1, 0.15) is 5.82 Å². The van der Waals surface area contributed by atoms with Crippen LogP contribution in [-0.2, 0) is 15.9 Å². The minimum absolute atomic E-state index is 0.0970. The minimum atomic E-state index is 0.0970. The maximum absolute atomic E-state index is 6.50. The number of hydrogen-bond acceptors (Lipinski definition) is 8. The van der Waals surface area contributed by atoms with Crippen molar-refractivity contribution in [2.45, 2.75) is 57.1 Å². The van der Waals surface area contributed by atoms with Gasteiger partial charge < -0.3 is 25.0 Å². The number of hydrogen-bond donors (Lipinski definition) is 2. The van der Waals surface area contributed by atoms with E-state index in [9.17, 15) is 0 Å². The van der Waals surface area contributed by atoms with Crippen LogP contribution in [0.4, 0.5) is 17.3 Å². The summed E-state index contributed by atoms with van der Waals surface area (Å²) in [6.45, 7) is 7.30. The van der Waals surface area contributed by atoms with Gasteiger partial charge in [-0.15, -0.1) is 0 Å². The van der Waals surface area contributed by atoms with E-state index in [1.165, 1.54) is 16.8 Å². The van der Waals surface area contributed by atoms with E-state index < -0.39 is 0 Å². The number of aromatic nitrogens is 4. The third-order valence-electron chi connectivity index (χ3n) is 9.08. The van der Waals surface area contributed by atoms with Crippen molar-refractivity contribution < 1.29 is 9.47 Å². The zero-order valence-electron chi connectivity index (χ0n) is 20.9. The molecule has 3 aromatic rings. The monoisotopic (exact) mass is 489 g/mol. The first kappa shape index (κ1) is 22.4. The van der Waals surface area contributed by atoms with E-state index in [2.05, 4.69) is 40.0 Å². The average molecular weight is 490 g/mol. The molecule has 190 valence electrons. The first-order chi connectivity index (χ1) is 17.6. The number of nitrogens with zero attached hydrogens (tertiary/aromatic N) is 5. The van der Waals surface area contributed by atoms with E-state index in [-0.39, 0.29) is 17.6 Å². The third kappa shape index (κ3) is 3.51. The zero-order chi connectivity index (χ0) is 24.3. The first-order valence-electron chi connectivity index (χ1n) is 13.4. The maximum atomic E-state index is 6.50. The normalized spacial score (nSPS) is 27.8. The Morgan fingerprint density at radius 3 is 2.86 bits per heavy atom. The number of rotatable bonds is 3. The molecule has 0 bridgehead atoms. The third-order valence-corrected chi connectivity index (χ3v) is 9.08. The highest BCUT2D eigenvalue weighted by Gasteiger charge is 2.47. The summed E-state index contributed by atoms with van der Waals surface area (Å²) in [7, 11) is 0. The van der Waals surface area contributed by atoms with Crippen LogP contribution in [0.5, 0.6) is 0 Å². The summed E-state index contributed by atoms with van der Waals surface area (Å²) in [5.41, 5.74) is 12.3. The lowest BCUT2D eigenvalue weighted by Crippen LogP contribution is -2.50. The predicted octanol–water partition coefficient (Wildman–Crippen LogP) is 3.27. The second kappa shape index (κ2) is 8.68. The molecule has 0 unspecified atom stereocenters. The average Bonchev–Trinajstić information content (AvgIpc) is 3.66. The van der Waals surface area contributed by atoms with Crippen LogP contribution in [-0.4, -0.2) is 71.8 Å². The number of piperidine rings is 1.